The van der Waals surface area contributed by atoms with Gasteiger partial charge in [0.2, 0.25) is 0 Å². The van der Waals surface area contributed by atoms with Gasteiger partial charge in [0.25, 0.3) is 0 Å². The van der Waals surface area contributed by atoms with Crippen molar-refractivity contribution in [2.24, 2.45) is 0 Å². The number of hydrogen-bond donors (Lipinski definition) is 0. The second-order valence-electron chi connectivity index (χ2n) is 3.11. The molecular weight excluding hydrogens is 136 g/mol. The van der Waals surface area contributed by atoms with Crippen LogP contribution in [0.2, 0.25) is 0 Å². The Morgan fingerprint density at radius 3 is 2.64 bits per heavy atom. The molecule has 1 aliphatic heterocycles. The van der Waals surface area contributed by atoms with Crippen LogP contribution < -0.4 is 4.74 Å². The van der Waals surface area contributed by atoms with Gasteiger partial charge in [0.05, 0.1) is 6.61 Å². The highest BCUT2D eigenvalue weighted by atomic mass is 16.5. The molecule has 1 aromatic carbocycles. The van der Waals surface area contributed by atoms with Crippen LogP contribution in [0, 0.1) is 13.8 Å². The van der Waals surface area contributed by atoms with Crippen LogP contribution in [-0.4, -0.2) is 6.61 Å². The summed E-state index contributed by atoms with van der Waals surface area (Å²) in [6.45, 7) is 5.11. The molecule has 0 N–H and O–H groups in total. The molecule has 0 aromatic heterocycles. The van der Waals surface area contributed by atoms with E-state index in [4.69, 9.17) is 4.74 Å². The molecule has 11 heavy (non-hydrogen) atoms. The van der Waals surface area contributed by atoms with Crippen molar-refractivity contribution in [2.45, 2.75) is 20.3 Å². The molecule has 1 aliphatic rings. The molecule has 0 atom stereocenters. The zero-order valence-corrected chi connectivity index (χ0v) is 6.98. The molecule has 1 nitrogen and oxygen atoms in total. The van der Waals surface area contributed by atoms with Crippen molar-refractivity contribution < 1.29 is 4.74 Å². The van der Waals surface area contributed by atoms with Crippen LogP contribution in [0.25, 0.3) is 0 Å². The third-order valence-electron chi connectivity index (χ3n) is 2.29. The first-order chi connectivity index (χ1) is 5.29. The summed E-state index contributed by atoms with van der Waals surface area (Å²) in [4.78, 5) is 0. The molecule has 2 rings (SSSR count). The van der Waals surface area contributed by atoms with Crippen molar-refractivity contribution in [2.75, 3.05) is 6.61 Å². The van der Waals surface area contributed by atoms with Gasteiger partial charge in [-0.05, 0) is 25.0 Å². The molecule has 1 aromatic rings. The molecule has 58 valence electrons. The highest BCUT2D eigenvalue weighted by Crippen LogP contribution is 2.31. The molecule has 0 bridgehead atoms. The van der Waals surface area contributed by atoms with Crippen molar-refractivity contribution >= 4 is 0 Å². The van der Waals surface area contributed by atoms with E-state index in [9.17, 15) is 0 Å². The van der Waals surface area contributed by atoms with E-state index in [-0.39, 0.29) is 0 Å². The van der Waals surface area contributed by atoms with Crippen molar-refractivity contribution in [1.82, 2.24) is 0 Å². The van der Waals surface area contributed by atoms with Crippen LogP contribution in [0.3, 0.4) is 0 Å². The maximum atomic E-state index is 5.51. The van der Waals surface area contributed by atoms with Crippen molar-refractivity contribution in [1.29, 1.82) is 0 Å². The zero-order chi connectivity index (χ0) is 7.84. The Balaban J connectivity index is 2.64. The largest absolute Gasteiger partial charge is 0.493 e. The summed E-state index contributed by atoms with van der Waals surface area (Å²) >= 11 is 0. The fourth-order valence-electron chi connectivity index (χ4n) is 1.61. The maximum absolute atomic E-state index is 5.51. The molecular formula is C10H12O. The minimum absolute atomic E-state index is 0.862. The summed E-state index contributed by atoms with van der Waals surface area (Å²) in [5.41, 5.74) is 4.04. The van der Waals surface area contributed by atoms with Crippen LogP contribution in [0.5, 0.6) is 5.75 Å². The maximum Gasteiger partial charge on any atom is 0.125 e. The Labute approximate surface area is 67.0 Å². The highest BCUT2D eigenvalue weighted by Gasteiger charge is 2.15. The quantitative estimate of drug-likeness (QED) is 0.548. The monoisotopic (exact) mass is 148 g/mol. The lowest BCUT2D eigenvalue weighted by atomic mass is 10.0. The molecule has 0 saturated heterocycles. The summed E-state index contributed by atoms with van der Waals surface area (Å²) in [6, 6.07) is 4.29. The smallest absolute Gasteiger partial charge is 0.125 e. The number of rotatable bonds is 0. The lowest BCUT2D eigenvalue weighted by Gasteiger charge is -2.04. The Bertz CT molecular complexity index is 260. The fraction of sp³-hybridized carbons (Fsp3) is 0.400. The minimum Gasteiger partial charge on any atom is -0.493 e. The van der Waals surface area contributed by atoms with E-state index in [0.717, 1.165) is 18.8 Å². The molecule has 0 aliphatic carbocycles. The Morgan fingerprint density at radius 2 is 1.91 bits per heavy atom. The number of hydrogen-bond acceptors (Lipinski definition) is 1. The molecule has 0 spiro atoms. The van der Waals surface area contributed by atoms with Gasteiger partial charge in [-0.1, -0.05) is 12.1 Å². The Kier molecular flexibility index (Phi) is 1.38. The average molecular weight is 148 g/mol. The van der Waals surface area contributed by atoms with E-state index in [1.54, 1.807) is 0 Å². The molecule has 0 amide bonds. The first-order valence-electron chi connectivity index (χ1n) is 4.01. The van der Waals surface area contributed by atoms with Gasteiger partial charge in [0.15, 0.2) is 0 Å². The van der Waals surface area contributed by atoms with Gasteiger partial charge in [-0.15, -0.1) is 0 Å². The summed E-state index contributed by atoms with van der Waals surface area (Å²) < 4.78 is 5.51. The second-order valence-corrected chi connectivity index (χ2v) is 3.11. The third-order valence-corrected chi connectivity index (χ3v) is 2.29. The Morgan fingerprint density at radius 1 is 1.18 bits per heavy atom. The number of benzene rings is 1. The summed E-state index contributed by atoms with van der Waals surface area (Å²) in [7, 11) is 0. The van der Waals surface area contributed by atoms with Crippen molar-refractivity contribution in [3.63, 3.8) is 0 Å². The zero-order valence-electron chi connectivity index (χ0n) is 6.98. The summed E-state index contributed by atoms with van der Waals surface area (Å²) in [5.74, 6) is 1.13. The van der Waals surface area contributed by atoms with Gasteiger partial charge in [0.1, 0.15) is 5.75 Å². The van der Waals surface area contributed by atoms with Gasteiger partial charge < -0.3 is 4.74 Å². The van der Waals surface area contributed by atoms with Crippen LogP contribution in [0.15, 0.2) is 12.1 Å². The van der Waals surface area contributed by atoms with E-state index in [1.807, 2.05) is 0 Å². The molecule has 1 heteroatoms. The SMILES string of the molecule is Cc1ccc(C)c2c1CCO2. The fourth-order valence-corrected chi connectivity index (χ4v) is 1.61. The van der Waals surface area contributed by atoms with Crippen LogP contribution in [-0.2, 0) is 6.42 Å². The van der Waals surface area contributed by atoms with E-state index < -0.39 is 0 Å². The number of aryl methyl sites for hydroxylation is 2. The first-order valence-corrected chi connectivity index (χ1v) is 4.01. The van der Waals surface area contributed by atoms with Crippen LogP contribution >= 0.6 is 0 Å². The van der Waals surface area contributed by atoms with Crippen molar-refractivity contribution in [3.05, 3.63) is 28.8 Å². The lowest BCUT2D eigenvalue weighted by molar-refractivity contribution is 0.354. The predicted molar refractivity (Wildman–Crippen MR) is 45.1 cm³/mol. The predicted octanol–water partition coefficient (Wildman–Crippen LogP) is 2.24. The van der Waals surface area contributed by atoms with Gasteiger partial charge in [-0.25, -0.2) is 0 Å². The third kappa shape index (κ3) is 0.917. The van der Waals surface area contributed by atoms with E-state index in [0.29, 0.717) is 0 Å². The molecule has 0 unspecified atom stereocenters. The van der Waals surface area contributed by atoms with Gasteiger partial charge in [-0.2, -0.15) is 0 Å². The second kappa shape index (κ2) is 2.26. The normalized spacial score (nSPS) is 14.4. The standard InChI is InChI=1S/C10H12O/c1-7-3-4-8(2)10-9(7)5-6-11-10/h3-4H,5-6H2,1-2H3. The van der Waals surface area contributed by atoms with Crippen molar-refractivity contribution in [3.8, 4) is 5.75 Å². The molecule has 0 fully saturated rings. The highest BCUT2D eigenvalue weighted by molar-refractivity contribution is 5.47. The molecule has 0 radical (unpaired) electrons. The number of fused-ring (bicyclic) bond motifs is 1. The summed E-state index contributed by atoms with van der Waals surface area (Å²) in [6.07, 6.45) is 1.09. The number of ether oxygens (including phenoxy) is 1. The van der Waals surface area contributed by atoms with Gasteiger partial charge in [0, 0.05) is 12.0 Å². The Hall–Kier alpha value is -0.980. The minimum atomic E-state index is 0.862. The lowest BCUT2D eigenvalue weighted by Crippen LogP contribution is -1.87. The first kappa shape index (κ1) is 6.71. The average Bonchev–Trinajstić information content (AvgIpc) is 2.45. The molecule has 0 saturated carbocycles. The van der Waals surface area contributed by atoms with Gasteiger partial charge in [-0.3, -0.25) is 0 Å². The van der Waals surface area contributed by atoms with Crippen LogP contribution in [0.1, 0.15) is 16.7 Å². The topological polar surface area (TPSA) is 9.23 Å². The molecule has 1 heterocycles. The van der Waals surface area contributed by atoms with E-state index in [2.05, 4.69) is 26.0 Å². The van der Waals surface area contributed by atoms with Crippen LogP contribution in [0.4, 0.5) is 0 Å². The van der Waals surface area contributed by atoms with E-state index >= 15 is 0 Å². The summed E-state index contributed by atoms with van der Waals surface area (Å²) in [5, 5.41) is 0. The van der Waals surface area contributed by atoms with E-state index in [1.165, 1.54) is 16.7 Å². The van der Waals surface area contributed by atoms with Gasteiger partial charge >= 0.3 is 0 Å².